The van der Waals surface area contributed by atoms with Gasteiger partial charge in [-0.15, -0.1) is 0 Å². The molecule has 1 aliphatic rings. The maximum Gasteiger partial charge on any atom is 0.275 e. The second-order valence-corrected chi connectivity index (χ2v) is 5.67. The van der Waals surface area contributed by atoms with E-state index in [0.717, 1.165) is 0 Å². The first-order valence-corrected chi connectivity index (χ1v) is 6.80. The van der Waals surface area contributed by atoms with E-state index in [2.05, 4.69) is 0 Å². The first-order chi connectivity index (χ1) is 7.99. The molecule has 90 valence electrons. The lowest BCUT2D eigenvalue weighted by atomic mass is 10.1. The van der Waals surface area contributed by atoms with Crippen molar-refractivity contribution >= 4 is 21.8 Å². The van der Waals surface area contributed by atoms with Gasteiger partial charge in [-0.05, 0) is 18.6 Å². The van der Waals surface area contributed by atoms with Gasteiger partial charge in [0.2, 0.25) is 10.0 Å². The molecule has 0 saturated heterocycles. The number of rotatable bonds is 3. The Bertz CT molecular complexity index is 556. The van der Waals surface area contributed by atoms with E-state index in [4.69, 9.17) is 0 Å². The molecule has 1 aromatic carbocycles. The molecule has 5 nitrogen and oxygen atoms in total. The summed E-state index contributed by atoms with van der Waals surface area (Å²) in [5.74, 6) is -1.71. The van der Waals surface area contributed by atoms with Gasteiger partial charge in [0.25, 0.3) is 11.8 Å². The molecule has 0 atom stereocenters. The summed E-state index contributed by atoms with van der Waals surface area (Å²) in [6.07, 6.45) is 0.357. The Balaban J connectivity index is 2.51. The van der Waals surface area contributed by atoms with Gasteiger partial charge in [0.15, 0.2) is 0 Å². The van der Waals surface area contributed by atoms with Gasteiger partial charge >= 0.3 is 0 Å². The van der Waals surface area contributed by atoms with Crippen molar-refractivity contribution < 1.29 is 18.0 Å². The van der Waals surface area contributed by atoms with Crippen LogP contribution in [0.2, 0.25) is 0 Å². The minimum absolute atomic E-state index is 0.150. The normalized spacial score (nSPS) is 15.2. The van der Waals surface area contributed by atoms with Crippen LogP contribution in [-0.4, -0.2) is 30.3 Å². The van der Waals surface area contributed by atoms with Crippen LogP contribution in [0.15, 0.2) is 24.3 Å². The van der Waals surface area contributed by atoms with Crippen LogP contribution in [0.1, 0.15) is 34.1 Å². The first kappa shape index (κ1) is 11.8. The van der Waals surface area contributed by atoms with Gasteiger partial charge in [0, 0.05) is 0 Å². The van der Waals surface area contributed by atoms with Crippen LogP contribution in [0, 0.1) is 0 Å². The molecule has 0 aliphatic carbocycles. The van der Waals surface area contributed by atoms with E-state index in [9.17, 15) is 18.0 Å². The summed E-state index contributed by atoms with van der Waals surface area (Å²) >= 11 is 0. The smallest absolute Gasteiger partial charge is 0.267 e. The number of fused-ring (bicyclic) bond motifs is 1. The van der Waals surface area contributed by atoms with E-state index in [-0.39, 0.29) is 16.9 Å². The number of hydrogen-bond acceptors (Lipinski definition) is 4. The highest BCUT2D eigenvalue weighted by Crippen LogP contribution is 2.25. The maximum atomic E-state index is 11.9. The summed E-state index contributed by atoms with van der Waals surface area (Å²) in [7, 11) is -3.84. The molecule has 0 bridgehead atoms. The number of benzene rings is 1. The Morgan fingerprint density at radius 1 is 1.06 bits per heavy atom. The average molecular weight is 253 g/mol. The molecular weight excluding hydrogens is 242 g/mol. The highest BCUT2D eigenvalue weighted by Gasteiger charge is 2.42. The monoisotopic (exact) mass is 253 g/mol. The number of imide groups is 1. The van der Waals surface area contributed by atoms with E-state index >= 15 is 0 Å². The second kappa shape index (κ2) is 3.96. The zero-order chi connectivity index (χ0) is 12.6. The molecule has 6 heteroatoms. The summed E-state index contributed by atoms with van der Waals surface area (Å²) in [5, 5.41) is 0. The average Bonchev–Trinajstić information content (AvgIpc) is 2.53. The van der Waals surface area contributed by atoms with E-state index < -0.39 is 21.8 Å². The van der Waals surface area contributed by atoms with E-state index in [1.54, 1.807) is 19.1 Å². The van der Waals surface area contributed by atoms with Crippen molar-refractivity contribution in [1.29, 1.82) is 0 Å². The number of sulfonamides is 1. The van der Waals surface area contributed by atoms with Crippen molar-refractivity contribution in [3.8, 4) is 0 Å². The summed E-state index contributed by atoms with van der Waals surface area (Å²) in [4.78, 5) is 23.7. The van der Waals surface area contributed by atoms with Crippen LogP contribution in [0.5, 0.6) is 0 Å². The Labute approximate surface area is 99.1 Å². The lowest BCUT2D eigenvalue weighted by Crippen LogP contribution is -2.37. The fourth-order valence-corrected chi connectivity index (χ4v) is 3.17. The molecule has 2 rings (SSSR count). The Morgan fingerprint density at radius 3 is 1.94 bits per heavy atom. The van der Waals surface area contributed by atoms with E-state index in [1.807, 2.05) is 0 Å². The molecule has 1 aromatic rings. The Morgan fingerprint density at radius 2 is 1.53 bits per heavy atom. The lowest BCUT2D eigenvalue weighted by molar-refractivity contribution is 0.0765. The van der Waals surface area contributed by atoms with Crippen molar-refractivity contribution in [2.24, 2.45) is 0 Å². The van der Waals surface area contributed by atoms with Gasteiger partial charge in [-0.1, -0.05) is 19.1 Å². The molecule has 2 amide bonds. The van der Waals surface area contributed by atoms with Gasteiger partial charge in [-0.3, -0.25) is 9.59 Å². The molecule has 0 spiro atoms. The standard InChI is InChI=1S/C11H11NO4S/c1-2-7-17(15,16)12-10(13)8-5-3-4-6-9(8)11(12)14/h3-6H,2,7H2,1H3. The number of carbonyl (C=O) groups is 2. The minimum Gasteiger partial charge on any atom is -0.267 e. The molecule has 17 heavy (non-hydrogen) atoms. The number of amides is 2. The number of nitrogens with zero attached hydrogens (tertiary/aromatic N) is 1. The number of hydrogen-bond donors (Lipinski definition) is 0. The van der Waals surface area contributed by atoms with Crippen LogP contribution in [0.25, 0.3) is 0 Å². The quantitative estimate of drug-likeness (QED) is 0.754. The summed E-state index contributed by atoms with van der Waals surface area (Å²) < 4.78 is 24.0. The van der Waals surface area contributed by atoms with Crippen LogP contribution in [0.3, 0.4) is 0 Å². The summed E-state index contributed by atoms with van der Waals surface area (Å²) in [5.41, 5.74) is 0.300. The van der Waals surface area contributed by atoms with E-state index in [0.29, 0.717) is 10.7 Å². The fraction of sp³-hybridized carbons (Fsp3) is 0.273. The van der Waals surface area contributed by atoms with Gasteiger partial charge < -0.3 is 0 Å². The molecule has 0 aromatic heterocycles. The molecule has 1 aliphatic heterocycles. The molecule has 0 radical (unpaired) electrons. The van der Waals surface area contributed by atoms with Crippen LogP contribution >= 0.6 is 0 Å². The van der Waals surface area contributed by atoms with Crippen LogP contribution in [0.4, 0.5) is 0 Å². The molecule has 0 unspecified atom stereocenters. The molecule has 0 N–H and O–H groups in total. The zero-order valence-electron chi connectivity index (χ0n) is 9.21. The second-order valence-electron chi connectivity index (χ2n) is 3.74. The zero-order valence-corrected chi connectivity index (χ0v) is 10.0. The number of carbonyl (C=O) groups excluding carboxylic acids is 2. The van der Waals surface area contributed by atoms with Crippen molar-refractivity contribution in [3.05, 3.63) is 35.4 Å². The largest absolute Gasteiger partial charge is 0.275 e. The van der Waals surface area contributed by atoms with Gasteiger partial charge in [0.05, 0.1) is 16.9 Å². The van der Waals surface area contributed by atoms with Crippen molar-refractivity contribution in [1.82, 2.24) is 4.31 Å². The van der Waals surface area contributed by atoms with Crippen molar-refractivity contribution in [2.75, 3.05) is 5.75 Å². The fourth-order valence-electron chi connectivity index (χ4n) is 1.77. The highest BCUT2D eigenvalue weighted by atomic mass is 32.2. The van der Waals surface area contributed by atoms with Crippen LogP contribution < -0.4 is 0 Å². The Hall–Kier alpha value is -1.69. The lowest BCUT2D eigenvalue weighted by Gasteiger charge is -2.13. The summed E-state index contributed by atoms with van der Waals surface area (Å²) in [6.45, 7) is 1.68. The third-order valence-corrected chi connectivity index (χ3v) is 4.31. The minimum atomic E-state index is -3.84. The third kappa shape index (κ3) is 1.74. The van der Waals surface area contributed by atoms with Crippen molar-refractivity contribution in [3.63, 3.8) is 0 Å². The van der Waals surface area contributed by atoms with Gasteiger partial charge in [-0.25, -0.2) is 8.42 Å². The highest BCUT2D eigenvalue weighted by molar-refractivity contribution is 7.90. The molecule has 0 saturated carbocycles. The molecule has 0 fully saturated rings. The van der Waals surface area contributed by atoms with Gasteiger partial charge in [0.1, 0.15) is 0 Å². The third-order valence-electron chi connectivity index (χ3n) is 2.50. The van der Waals surface area contributed by atoms with Crippen molar-refractivity contribution in [2.45, 2.75) is 13.3 Å². The maximum absolute atomic E-state index is 11.9. The first-order valence-electron chi connectivity index (χ1n) is 5.19. The topological polar surface area (TPSA) is 71.5 Å². The molecule has 1 heterocycles. The molecular formula is C11H11NO4S. The van der Waals surface area contributed by atoms with Crippen LogP contribution in [-0.2, 0) is 10.0 Å². The SMILES string of the molecule is CCCS(=O)(=O)N1C(=O)c2ccccc2C1=O. The van der Waals surface area contributed by atoms with Gasteiger partial charge in [-0.2, -0.15) is 4.31 Å². The van der Waals surface area contributed by atoms with E-state index in [1.165, 1.54) is 12.1 Å². The predicted octanol–water partition coefficient (Wildman–Crippen LogP) is 1.02. The Kier molecular flexibility index (Phi) is 2.74. The summed E-state index contributed by atoms with van der Waals surface area (Å²) in [6, 6.07) is 6.11. The predicted molar refractivity (Wildman–Crippen MR) is 61.0 cm³/mol.